The zero-order valence-corrected chi connectivity index (χ0v) is 7.61. The highest BCUT2D eigenvalue weighted by Gasteiger charge is 2.15. The molecule has 0 N–H and O–H groups in total. The minimum atomic E-state index is -0.201. The number of hydrogen-bond donors (Lipinski definition) is 0. The number of nitrogens with zero attached hydrogens (tertiary/aromatic N) is 1. The van der Waals surface area contributed by atoms with Crippen LogP contribution in [-0.4, -0.2) is 36.0 Å². The Labute approximate surface area is 69.7 Å². The topological polar surface area (TPSA) is 3.24 Å². The van der Waals surface area contributed by atoms with Crippen molar-refractivity contribution in [1.29, 1.82) is 0 Å². The molecule has 0 atom stereocenters. The summed E-state index contributed by atoms with van der Waals surface area (Å²) in [4.78, 5) is 2.85. The maximum Gasteiger partial charge on any atom is 0.102 e. The Kier molecular flexibility index (Phi) is 3.63. The van der Waals surface area contributed by atoms with Crippen molar-refractivity contribution in [3.05, 3.63) is 0 Å². The Morgan fingerprint density at radius 3 is 2.50 bits per heavy atom. The monoisotopic (exact) mass is 209 g/mol. The highest BCUT2D eigenvalue weighted by atomic mass is 79.9. The van der Waals surface area contributed by atoms with Crippen LogP contribution in [0.15, 0.2) is 0 Å². The average Bonchev–Trinajstić information content (AvgIpc) is 1.95. The van der Waals surface area contributed by atoms with E-state index in [1.807, 2.05) is 0 Å². The molecule has 1 heterocycles. The quantitative estimate of drug-likeness (QED) is 0.628. The highest BCUT2D eigenvalue weighted by molar-refractivity contribution is 9.09. The van der Waals surface area contributed by atoms with Crippen LogP contribution >= 0.6 is 15.9 Å². The number of rotatable bonds is 2. The number of likely N-dealkylation sites (tertiary alicyclic amines) is 1. The first kappa shape index (κ1) is 8.47. The lowest BCUT2D eigenvalue weighted by Gasteiger charge is -2.28. The summed E-state index contributed by atoms with van der Waals surface area (Å²) in [7, 11) is 0. The van der Waals surface area contributed by atoms with Crippen molar-refractivity contribution in [3.8, 4) is 0 Å². The van der Waals surface area contributed by atoms with E-state index in [2.05, 4.69) is 20.8 Å². The van der Waals surface area contributed by atoms with Crippen LogP contribution in [-0.2, 0) is 0 Å². The summed E-state index contributed by atoms with van der Waals surface area (Å²) in [6, 6.07) is 0. The van der Waals surface area contributed by atoms with Crippen molar-refractivity contribution in [3.63, 3.8) is 0 Å². The fraction of sp³-hybridized carbons (Fsp3) is 1.00. The molecule has 0 unspecified atom stereocenters. The van der Waals surface area contributed by atoms with Crippen LogP contribution in [0.1, 0.15) is 12.8 Å². The first-order valence-corrected chi connectivity index (χ1v) is 4.67. The lowest BCUT2D eigenvalue weighted by Crippen LogP contribution is -2.35. The van der Waals surface area contributed by atoms with E-state index < -0.39 is 0 Å². The first-order valence-electron chi connectivity index (χ1n) is 3.75. The molecule has 1 nitrogen and oxygen atoms in total. The minimum absolute atomic E-state index is 0.201. The van der Waals surface area contributed by atoms with E-state index in [-0.39, 0.29) is 6.67 Å². The number of hydrogen-bond acceptors (Lipinski definition) is 1. The van der Waals surface area contributed by atoms with Gasteiger partial charge >= 0.3 is 0 Å². The molecule has 0 aromatic rings. The second kappa shape index (κ2) is 4.29. The van der Waals surface area contributed by atoms with Gasteiger partial charge in [0.25, 0.3) is 0 Å². The third-order valence-corrected chi connectivity index (χ3v) is 2.83. The van der Waals surface area contributed by atoms with Crippen LogP contribution in [0.3, 0.4) is 0 Å². The molecule has 0 radical (unpaired) electrons. The molecule has 0 aromatic carbocycles. The lowest BCUT2D eigenvalue weighted by molar-refractivity contribution is 0.215. The molecule has 1 aliphatic heterocycles. The number of piperidine rings is 1. The standard InChI is InChI=1S/C7H13BrFN/c8-7-1-4-10(5-2-7)6-3-9/h7H,1-6H2. The predicted molar refractivity (Wildman–Crippen MR) is 44.4 cm³/mol. The Morgan fingerprint density at radius 2 is 2.00 bits per heavy atom. The Balaban J connectivity index is 2.13. The molecule has 60 valence electrons. The van der Waals surface area contributed by atoms with Gasteiger partial charge in [0.1, 0.15) is 6.67 Å². The summed E-state index contributed by atoms with van der Waals surface area (Å²) in [6.07, 6.45) is 2.33. The molecular formula is C7H13BrFN. The van der Waals surface area contributed by atoms with Crippen LogP contribution in [0, 0.1) is 0 Å². The van der Waals surface area contributed by atoms with E-state index in [9.17, 15) is 4.39 Å². The van der Waals surface area contributed by atoms with E-state index in [0.717, 1.165) is 13.1 Å². The Morgan fingerprint density at radius 1 is 1.40 bits per heavy atom. The SMILES string of the molecule is FCCN1CCC(Br)CC1. The van der Waals surface area contributed by atoms with Gasteiger partial charge in [-0.2, -0.15) is 0 Å². The van der Waals surface area contributed by atoms with Crippen molar-refractivity contribution < 1.29 is 4.39 Å². The highest BCUT2D eigenvalue weighted by Crippen LogP contribution is 2.16. The van der Waals surface area contributed by atoms with Crippen molar-refractivity contribution in [2.24, 2.45) is 0 Å². The van der Waals surface area contributed by atoms with Crippen LogP contribution in [0.25, 0.3) is 0 Å². The summed E-state index contributed by atoms with van der Waals surface area (Å²) in [5.41, 5.74) is 0. The lowest BCUT2D eigenvalue weighted by atomic mass is 10.1. The van der Waals surface area contributed by atoms with Gasteiger partial charge in [-0.1, -0.05) is 15.9 Å². The van der Waals surface area contributed by atoms with E-state index in [1.165, 1.54) is 12.8 Å². The van der Waals surface area contributed by atoms with Gasteiger partial charge in [0.15, 0.2) is 0 Å². The predicted octanol–water partition coefficient (Wildman–Crippen LogP) is 1.82. The van der Waals surface area contributed by atoms with Gasteiger partial charge in [-0.05, 0) is 25.9 Å². The van der Waals surface area contributed by atoms with Gasteiger partial charge < -0.3 is 4.90 Å². The largest absolute Gasteiger partial charge is 0.301 e. The number of alkyl halides is 2. The van der Waals surface area contributed by atoms with Gasteiger partial charge in [-0.15, -0.1) is 0 Å². The van der Waals surface area contributed by atoms with Crippen LogP contribution in [0.4, 0.5) is 4.39 Å². The van der Waals surface area contributed by atoms with E-state index in [1.54, 1.807) is 0 Å². The van der Waals surface area contributed by atoms with Crippen LogP contribution < -0.4 is 0 Å². The molecule has 0 aromatic heterocycles. The molecule has 10 heavy (non-hydrogen) atoms. The molecule has 0 saturated carbocycles. The third kappa shape index (κ3) is 2.54. The van der Waals surface area contributed by atoms with E-state index >= 15 is 0 Å². The van der Waals surface area contributed by atoms with Crippen molar-refractivity contribution in [2.75, 3.05) is 26.3 Å². The molecule has 0 bridgehead atoms. The zero-order chi connectivity index (χ0) is 7.40. The molecule has 0 amide bonds. The summed E-state index contributed by atoms with van der Waals surface area (Å²) < 4.78 is 11.8. The van der Waals surface area contributed by atoms with Gasteiger partial charge in [-0.25, -0.2) is 4.39 Å². The molecule has 3 heteroatoms. The maximum atomic E-state index is 11.8. The van der Waals surface area contributed by atoms with Gasteiger partial charge in [-0.3, -0.25) is 0 Å². The Bertz CT molecular complexity index is 91.6. The van der Waals surface area contributed by atoms with E-state index in [0.29, 0.717) is 11.4 Å². The zero-order valence-electron chi connectivity index (χ0n) is 6.02. The molecular weight excluding hydrogens is 197 g/mol. The van der Waals surface area contributed by atoms with Crippen LogP contribution in [0.5, 0.6) is 0 Å². The van der Waals surface area contributed by atoms with Gasteiger partial charge in [0, 0.05) is 11.4 Å². The molecule has 1 saturated heterocycles. The van der Waals surface area contributed by atoms with E-state index in [4.69, 9.17) is 0 Å². The summed E-state index contributed by atoms with van der Waals surface area (Å²) in [5.74, 6) is 0. The van der Waals surface area contributed by atoms with Crippen LogP contribution in [0.2, 0.25) is 0 Å². The molecule has 0 spiro atoms. The van der Waals surface area contributed by atoms with Gasteiger partial charge in [0.05, 0.1) is 0 Å². The molecule has 1 fully saturated rings. The van der Waals surface area contributed by atoms with Crippen molar-refractivity contribution >= 4 is 15.9 Å². The second-order valence-electron chi connectivity index (χ2n) is 2.71. The Hall–Kier alpha value is 0.370. The molecule has 1 aliphatic rings. The smallest absolute Gasteiger partial charge is 0.102 e. The molecule has 0 aliphatic carbocycles. The maximum absolute atomic E-state index is 11.8. The summed E-state index contributed by atoms with van der Waals surface area (Å²) in [6.45, 7) is 2.53. The van der Waals surface area contributed by atoms with Crippen molar-refractivity contribution in [2.45, 2.75) is 17.7 Å². The number of halogens is 2. The normalized spacial score (nSPS) is 23.4. The van der Waals surface area contributed by atoms with Gasteiger partial charge in [0.2, 0.25) is 0 Å². The summed E-state index contributed by atoms with van der Waals surface area (Å²) in [5, 5.41) is 0. The fourth-order valence-corrected chi connectivity index (χ4v) is 1.65. The third-order valence-electron chi connectivity index (χ3n) is 1.92. The average molecular weight is 210 g/mol. The first-order chi connectivity index (χ1) is 4.83. The molecule has 1 rings (SSSR count). The fourth-order valence-electron chi connectivity index (χ4n) is 1.24. The second-order valence-corrected chi connectivity index (χ2v) is 4.00. The summed E-state index contributed by atoms with van der Waals surface area (Å²) >= 11 is 3.55. The minimum Gasteiger partial charge on any atom is -0.301 e. The van der Waals surface area contributed by atoms with Crippen molar-refractivity contribution in [1.82, 2.24) is 4.90 Å².